The van der Waals surface area contributed by atoms with Crippen LogP contribution in [-0.2, 0) is 0 Å². The van der Waals surface area contributed by atoms with Gasteiger partial charge in [-0.3, -0.25) is 10.1 Å². The van der Waals surface area contributed by atoms with E-state index >= 15 is 0 Å². The van der Waals surface area contributed by atoms with Gasteiger partial charge in [0.05, 0.1) is 17.5 Å². The first-order chi connectivity index (χ1) is 9.58. The third-order valence-corrected chi connectivity index (χ3v) is 2.97. The van der Waals surface area contributed by atoms with Crippen LogP contribution in [-0.4, -0.2) is 28.9 Å². The zero-order valence-corrected chi connectivity index (χ0v) is 12.5. The lowest BCUT2D eigenvalue weighted by Crippen LogP contribution is -2.10. The van der Waals surface area contributed by atoms with Gasteiger partial charge in [-0.25, -0.2) is 4.79 Å². The number of amides is 1. The summed E-state index contributed by atoms with van der Waals surface area (Å²) in [4.78, 5) is 22.4. The molecule has 108 valence electrons. The molecule has 1 aromatic carbocycles. The van der Waals surface area contributed by atoms with E-state index in [4.69, 9.17) is 9.84 Å². The quantitative estimate of drug-likeness (QED) is 0.327. The number of ether oxygens (including phenoxy) is 1. The second-order valence-electron chi connectivity index (χ2n) is 3.98. The summed E-state index contributed by atoms with van der Waals surface area (Å²) < 4.78 is 5.56. The van der Waals surface area contributed by atoms with Gasteiger partial charge in [0.2, 0.25) is 0 Å². The van der Waals surface area contributed by atoms with Crippen LogP contribution in [0.3, 0.4) is 0 Å². The number of carbonyl (C=O) groups excluding carboxylic acids is 1. The standard InChI is InChI=1S/C14H16BrNO4/c1-2-3-4-7-20-13-8-10(16-14(18)19)5-6-11(13)12(17)9-15/h2,5-6,8,16H,1,3-4,7,9H2,(H,18,19). The fourth-order valence-electron chi connectivity index (χ4n) is 1.56. The van der Waals surface area contributed by atoms with E-state index < -0.39 is 6.09 Å². The summed E-state index contributed by atoms with van der Waals surface area (Å²) in [5.41, 5.74) is 0.791. The predicted molar refractivity (Wildman–Crippen MR) is 81.1 cm³/mol. The third-order valence-electron chi connectivity index (χ3n) is 2.46. The zero-order valence-electron chi connectivity index (χ0n) is 10.9. The minimum absolute atomic E-state index is 0.120. The number of halogens is 1. The average molecular weight is 342 g/mol. The molecule has 6 heteroatoms. The molecule has 0 unspecified atom stereocenters. The normalized spacial score (nSPS) is 9.85. The molecule has 20 heavy (non-hydrogen) atoms. The lowest BCUT2D eigenvalue weighted by atomic mass is 10.1. The van der Waals surface area contributed by atoms with Crippen molar-refractivity contribution < 1.29 is 19.4 Å². The topological polar surface area (TPSA) is 75.6 Å². The van der Waals surface area contributed by atoms with Crippen LogP contribution in [0.25, 0.3) is 0 Å². The Labute approximate surface area is 125 Å². The molecule has 0 aliphatic carbocycles. The Morgan fingerprint density at radius 3 is 2.80 bits per heavy atom. The number of benzene rings is 1. The molecule has 0 saturated heterocycles. The first kappa shape index (κ1) is 16.2. The highest BCUT2D eigenvalue weighted by molar-refractivity contribution is 9.09. The third kappa shape index (κ3) is 5.05. The molecule has 0 radical (unpaired) electrons. The SMILES string of the molecule is C=CCCCOc1cc(NC(=O)O)ccc1C(=O)CBr. The van der Waals surface area contributed by atoms with Crippen molar-refractivity contribution in [2.75, 3.05) is 17.3 Å². The Hall–Kier alpha value is -1.82. The molecule has 0 aliphatic heterocycles. The highest BCUT2D eigenvalue weighted by Crippen LogP contribution is 2.25. The summed E-state index contributed by atoms with van der Waals surface area (Å²) in [6.07, 6.45) is 2.22. The van der Waals surface area contributed by atoms with Crippen LogP contribution >= 0.6 is 15.9 Å². The maximum Gasteiger partial charge on any atom is 0.409 e. The average Bonchev–Trinajstić information content (AvgIpc) is 2.42. The maximum absolute atomic E-state index is 11.8. The Morgan fingerprint density at radius 2 is 2.20 bits per heavy atom. The van der Waals surface area contributed by atoms with Crippen LogP contribution in [0.5, 0.6) is 5.75 Å². The lowest BCUT2D eigenvalue weighted by Gasteiger charge is -2.12. The van der Waals surface area contributed by atoms with Gasteiger partial charge in [0, 0.05) is 11.8 Å². The van der Waals surface area contributed by atoms with E-state index in [0.29, 0.717) is 23.6 Å². The van der Waals surface area contributed by atoms with Crippen LogP contribution in [0.2, 0.25) is 0 Å². The maximum atomic E-state index is 11.8. The second-order valence-corrected chi connectivity index (χ2v) is 4.54. The molecular formula is C14H16BrNO4. The van der Waals surface area contributed by atoms with E-state index in [1.165, 1.54) is 12.1 Å². The number of unbranched alkanes of at least 4 members (excludes halogenated alkanes) is 1. The van der Waals surface area contributed by atoms with E-state index in [-0.39, 0.29) is 11.1 Å². The molecule has 0 fully saturated rings. The summed E-state index contributed by atoms with van der Waals surface area (Å²) >= 11 is 3.11. The predicted octanol–water partition coefficient (Wildman–Crippen LogP) is 3.70. The largest absolute Gasteiger partial charge is 0.493 e. The number of alkyl halides is 1. The first-order valence-electron chi connectivity index (χ1n) is 6.05. The van der Waals surface area contributed by atoms with E-state index in [9.17, 15) is 9.59 Å². The number of allylic oxidation sites excluding steroid dienone is 1. The van der Waals surface area contributed by atoms with Gasteiger partial charge in [-0.15, -0.1) is 6.58 Å². The number of carboxylic acid groups (broad SMARTS) is 1. The number of anilines is 1. The summed E-state index contributed by atoms with van der Waals surface area (Å²) in [5, 5.41) is 11.1. The molecule has 0 aliphatic rings. The number of rotatable bonds is 8. The monoisotopic (exact) mass is 341 g/mol. The highest BCUT2D eigenvalue weighted by Gasteiger charge is 2.13. The molecule has 1 amide bonds. The van der Waals surface area contributed by atoms with Gasteiger partial charge in [-0.05, 0) is 25.0 Å². The minimum Gasteiger partial charge on any atom is -0.493 e. The van der Waals surface area contributed by atoms with E-state index in [1.54, 1.807) is 12.1 Å². The van der Waals surface area contributed by atoms with Gasteiger partial charge >= 0.3 is 6.09 Å². The van der Waals surface area contributed by atoms with Crippen LogP contribution in [0.15, 0.2) is 30.9 Å². The molecule has 0 atom stereocenters. The summed E-state index contributed by atoms with van der Waals surface area (Å²) in [7, 11) is 0. The number of nitrogens with one attached hydrogen (secondary N) is 1. The number of ketones is 1. The Morgan fingerprint density at radius 1 is 1.45 bits per heavy atom. The zero-order chi connectivity index (χ0) is 15.0. The van der Waals surface area contributed by atoms with Crippen LogP contribution in [0.4, 0.5) is 10.5 Å². The molecule has 2 N–H and O–H groups in total. The van der Waals surface area contributed by atoms with E-state index in [2.05, 4.69) is 27.8 Å². The van der Waals surface area contributed by atoms with E-state index in [1.807, 2.05) is 0 Å². The Balaban J connectivity index is 2.90. The van der Waals surface area contributed by atoms with Gasteiger partial charge in [-0.1, -0.05) is 22.0 Å². The number of hydrogen-bond donors (Lipinski definition) is 2. The van der Waals surface area contributed by atoms with E-state index in [0.717, 1.165) is 12.8 Å². The minimum atomic E-state index is -1.16. The van der Waals surface area contributed by atoms with Crippen molar-refractivity contribution in [3.05, 3.63) is 36.4 Å². The highest BCUT2D eigenvalue weighted by atomic mass is 79.9. The number of carbonyl (C=O) groups is 2. The van der Waals surface area contributed by atoms with Gasteiger partial charge in [-0.2, -0.15) is 0 Å². The van der Waals surface area contributed by atoms with Gasteiger partial charge in [0.1, 0.15) is 5.75 Å². The fraction of sp³-hybridized carbons (Fsp3) is 0.286. The molecule has 0 spiro atoms. The molecule has 0 aromatic heterocycles. The second kappa shape index (κ2) is 8.37. The van der Waals surface area contributed by atoms with Gasteiger partial charge < -0.3 is 9.84 Å². The van der Waals surface area contributed by atoms with Crippen molar-refractivity contribution in [2.45, 2.75) is 12.8 Å². The van der Waals surface area contributed by atoms with Crippen LogP contribution in [0, 0.1) is 0 Å². The Bertz CT molecular complexity index is 502. The number of hydrogen-bond acceptors (Lipinski definition) is 3. The van der Waals surface area contributed by atoms with Crippen LogP contribution in [0.1, 0.15) is 23.2 Å². The summed E-state index contributed by atoms with van der Waals surface area (Å²) in [6.45, 7) is 4.06. The smallest absolute Gasteiger partial charge is 0.409 e. The molecule has 0 bridgehead atoms. The van der Waals surface area contributed by atoms with Crippen LogP contribution < -0.4 is 10.1 Å². The fourth-order valence-corrected chi connectivity index (χ4v) is 1.86. The summed E-state index contributed by atoms with van der Waals surface area (Å²) in [5.74, 6) is 0.260. The van der Waals surface area contributed by atoms with Crippen molar-refractivity contribution in [3.8, 4) is 5.75 Å². The molecule has 5 nitrogen and oxygen atoms in total. The van der Waals surface area contributed by atoms with Crippen molar-refractivity contribution in [3.63, 3.8) is 0 Å². The number of Topliss-reactive ketones (excluding diaryl/α,β-unsaturated/α-hetero) is 1. The van der Waals surface area contributed by atoms with Crippen molar-refractivity contribution in [1.82, 2.24) is 0 Å². The van der Waals surface area contributed by atoms with Crippen molar-refractivity contribution >= 4 is 33.5 Å². The molecule has 0 saturated carbocycles. The Kier molecular flexibility index (Phi) is 6.79. The lowest BCUT2D eigenvalue weighted by molar-refractivity contribution is 0.102. The molecular weight excluding hydrogens is 326 g/mol. The first-order valence-corrected chi connectivity index (χ1v) is 7.17. The van der Waals surface area contributed by atoms with Crippen molar-refractivity contribution in [1.29, 1.82) is 0 Å². The molecule has 0 heterocycles. The van der Waals surface area contributed by atoms with Gasteiger partial charge in [0.25, 0.3) is 0 Å². The van der Waals surface area contributed by atoms with Crippen molar-refractivity contribution in [2.24, 2.45) is 0 Å². The van der Waals surface area contributed by atoms with Gasteiger partial charge in [0.15, 0.2) is 5.78 Å². The summed E-state index contributed by atoms with van der Waals surface area (Å²) in [6, 6.07) is 4.59. The molecule has 1 aromatic rings. The molecule has 1 rings (SSSR count).